The Bertz CT molecular complexity index is 1000. The Hall–Kier alpha value is -3.00. The standard InChI is InChI=1S/C20H20N4O3S/c1-13-3-6-16(7-4-13)24-14(2)22-23-20(24)28-12-19(25)21-15-5-8-17-18(11-15)27-10-9-26-17/h3-8,11H,9-10,12H2,1-2H3,(H,21,25). The van der Waals surface area contributed by atoms with Gasteiger partial charge >= 0.3 is 0 Å². The summed E-state index contributed by atoms with van der Waals surface area (Å²) in [6.45, 7) is 4.98. The quantitative estimate of drug-likeness (QED) is 0.666. The highest BCUT2D eigenvalue weighted by atomic mass is 32.2. The first-order valence-electron chi connectivity index (χ1n) is 8.91. The van der Waals surface area contributed by atoms with Gasteiger partial charge in [0, 0.05) is 17.4 Å². The smallest absolute Gasteiger partial charge is 0.234 e. The summed E-state index contributed by atoms with van der Waals surface area (Å²) in [5, 5.41) is 11.9. The third-order valence-electron chi connectivity index (χ3n) is 4.25. The third-order valence-corrected chi connectivity index (χ3v) is 5.17. The van der Waals surface area contributed by atoms with Crippen LogP contribution in [0.2, 0.25) is 0 Å². The molecular weight excluding hydrogens is 376 g/mol. The van der Waals surface area contributed by atoms with Crippen LogP contribution in [0.5, 0.6) is 11.5 Å². The van der Waals surface area contributed by atoms with Gasteiger partial charge in [-0.3, -0.25) is 9.36 Å². The Balaban J connectivity index is 1.42. The van der Waals surface area contributed by atoms with E-state index in [1.807, 2.05) is 42.7 Å². The maximum absolute atomic E-state index is 12.4. The number of hydrogen-bond acceptors (Lipinski definition) is 6. The molecule has 8 heteroatoms. The molecule has 0 fully saturated rings. The summed E-state index contributed by atoms with van der Waals surface area (Å²) in [6, 6.07) is 13.5. The molecule has 2 heterocycles. The van der Waals surface area contributed by atoms with Crippen LogP contribution in [-0.2, 0) is 4.79 Å². The lowest BCUT2D eigenvalue weighted by Crippen LogP contribution is -2.17. The monoisotopic (exact) mass is 396 g/mol. The van der Waals surface area contributed by atoms with Gasteiger partial charge in [0.15, 0.2) is 16.7 Å². The number of anilines is 1. The minimum absolute atomic E-state index is 0.127. The van der Waals surface area contributed by atoms with Crippen molar-refractivity contribution in [3.05, 3.63) is 53.9 Å². The van der Waals surface area contributed by atoms with Crippen molar-refractivity contribution in [2.45, 2.75) is 19.0 Å². The molecule has 1 amide bonds. The van der Waals surface area contributed by atoms with Gasteiger partial charge in [-0.2, -0.15) is 0 Å². The van der Waals surface area contributed by atoms with Crippen LogP contribution in [0.1, 0.15) is 11.4 Å². The molecule has 0 bridgehead atoms. The average molecular weight is 396 g/mol. The number of ether oxygens (including phenoxy) is 2. The van der Waals surface area contributed by atoms with E-state index >= 15 is 0 Å². The highest BCUT2D eigenvalue weighted by Crippen LogP contribution is 2.32. The third kappa shape index (κ3) is 3.96. The average Bonchev–Trinajstić information content (AvgIpc) is 3.07. The summed E-state index contributed by atoms with van der Waals surface area (Å²) in [4.78, 5) is 12.4. The number of thioether (sulfide) groups is 1. The van der Waals surface area contributed by atoms with Crippen molar-refractivity contribution in [3.63, 3.8) is 0 Å². The lowest BCUT2D eigenvalue weighted by Gasteiger charge is -2.19. The van der Waals surface area contributed by atoms with Crippen molar-refractivity contribution < 1.29 is 14.3 Å². The van der Waals surface area contributed by atoms with E-state index in [-0.39, 0.29) is 11.7 Å². The second-order valence-corrected chi connectivity index (χ2v) is 7.34. The molecule has 0 aliphatic carbocycles. The van der Waals surface area contributed by atoms with Crippen LogP contribution in [0, 0.1) is 13.8 Å². The van der Waals surface area contributed by atoms with Crippen molar-refractivity contribution in [1.82, 2.24) is 14.8 Å². The molecule has 1 aliphatic rings. The van der Waals surface area contributed by atoms with Crippen LogP contribution in [0.3, 0.4) is 0 Å². The van der Waals surface area contributed by atoms with Crippen molar-refractivity contribution >= 4 is 23.4 Å². The number of nitrogens with zero attached hydrogens (tertiary/aromatic N) is 3. The van der Waals surface area contributed by atoms with Gasteiger partial charge in [-0.15, -0.1) is 10.2 Å². The molecule has 0 spiro atoms. The zero-order chi connectivity index (χ0) is 19.5. The number of amides is 1. The van der Waals surface area contributed by atoms with E-state index in [9.17, 15) is 4.79 Å². The maximum Gasteiger partial charge on any atom is 0.234 e. The van der Waals surface area contributed by atoms with Crippen LogP contribution in [0.4, 0.5) is 5.69 Å². The van der Waals surface area contributed by atoms with E-state index in [1.54, 1.807) is 18.2 Å². The molecule has 1 aromatic heterocycles. The zero-order valence-electron chi connectivity index (χ0n) is 15.6. The fourth-order valence-electron chi connectivity index (χ4n) is 2.88. The second-order valence-electron chi connectivity index (χ2n) is 6.40. The normalized spacial score (nSPS) is 12.6. The SMILES string of the molecule is Cc1ccc(-n2c(C)nnc2SCC(=O)Nc2ccc3c(c2)OCCO3)cc1. The minimum atomic E-state index is -0.127. The molecule has 144 valence electrons. The summed E-state index contributed by atoms with van der Waals surface area (Å²) in [5.74, 6) is 2.21. The molecule has 0 radical (unpaired) electrons. The van der Waals surface area contributed by atoms with E-state index < -0.39 is 0 Å². The molecule has 3 aromatic rings. The van der Waals surface area contributed by atoms with Crippen molar-refractivity contribution in [3.8, 4) is 17.2 Å². The molecule has 0 atom stereocenters. The number of aryl methyl sites for hydroxylation is 2. The van der Waals surface area contributed by atoms with Crippen LogP contribution >= 0.6 is 11.8 Å². The molecule has 7 nitrogen and oxygen atoms in total. The fourth-order valence-corrected chi connectivity index (χ4v) is 3.67. The molecule has 2 aromatic carbocycles. The number of carbonyl (C=O) groups is 1. The van der Waals surface area contributed by atoms with Gasteiger partial charge in [-0.25, -0.2) is 0 Å². The lowest BCUT2D eigenvalue weighted by molar-refractivity contribution is -0.113. The molecule has 0 unspecified atom stereocenters. The lowest BCUT2D eigenvalue weighted by atomic mass is 10.2. The Kier molecular flexibility index (Phi) is 5.21. The summed E-state index contributed by atoms with van der Waals surface area (Å²) in [7, 11) is 0. The molecule has 0 saturated carbocycles. The first-order chi connectivity index (χ1) is 13.6. The van der Waals surface area contributed by atoms with E-state index in [2.05, 4.69) is 15.5 Å². The van der Waals surface area contributed by atoms with Crippen LogP contribution < -0.4 is 14.8 Å². The predicted octanol–water partition coefficient (Wildman–Crippen LogP) is 3.39. The Morgan fingerprint density at radius 3 is 2.61 bits per heavy atom. The van der Waals surface area contributed by atoms with Gasteiger partial charge in [-0.1, -0.05) is 29.5 Å². The number of fused-ring (bicyclic) bond motifs is 1. The van der Waals surface area contributed by atoms with E-state index in [1.165, 1.54) is 17.3 Å². The second kappa shape index (κ2) is 7.93. The topological polar surface area (TPSA) is 78.3 Å². The summed E-state index contributed by atoms with van der Waals surface area (Å²) < 4.78 is 13.0. The first kappa shape index (κ1) is 18.4. The first-order valence-corrected chi connectivity index (χ1v) is 9.90. The predicted molar refractivity (Wildman–Crippen MR) is 108 cm³/mol. The fraction of sp³-hybridized carbons (Fsp3) is 0.250. The van der Waals surface area contributed by atoms with Gasteiger partial charge in [0.1, 0.15) is 19.0 Å². The summed E-state index contributed by atoms with van der Waals surface area (Å²) >= 11 is 1.34. The van der Waals surface area contributed by atoms with E-state index in [0.717, 1.165) is 11.5 Å². The van der Waals surface area contributed by atoms with Crippen LogP contribution in [0.25, 0.3) is 5.69 Å². The number of aromatic nitrogens is 3. The molecular formula is C20H20N4O3S. The van der Waals surface area contributed by atoms with Gasteiger partial charge in [-0.05, 0) is 38.1 Å². The Morgan fingerprint density at radius 1 is 1.07 bits per heavy atom. The number of rotatable bonds is 5. The number of carbonyl (C=O) groups excluding carboxylic acids is 1. The largest absolute Gasteiger partial charge is 0.486 e. The van der Waals surface area contributed by atoms with Crippen LogP contribution in [-0.4, -0.2) is 39.6 Å². The molecule has 4 rings (SSSR count). The molecule has 1 N–H and O–H groups in total. The number of nitrogens with one attached hydrogen (secondary N) is 1. The van der Waals surface area contributed by atoms with Crippen molar-refractivity contribution in [1.29, 1.82) is 0 Å². The van der Waals surface area contributed by atoms with E-state index in [4.69, 9.17) is 9.47 Å². The van der Waals surface area contributed by atoms with E-state index in [0.29, 0.717) is 35.6 Å². The molecule has 1 aliphatic heterocycles. The van der Waals surface area contributed by atoms with Gasteiger partial charge in [0.05, 0.1) is 5.75 Å². The Labute approximate surface area is 167 Å². The number of hydrogen-bond donors (Lipinski definition) is 1. The minimum Gasteiger partial charge on any atom is -0.486 e. The Morgan fingerprint density at radius 2 is 1.82 bits per heavy atom. The van der Waals surface area contributed by atoms with Gasteiger partial charge in [0.2, 0.25) is 5.91 Å². The van der Waals surface area contributed by atoms with Gasteiger partial charge < -0.3 is 14.8 Å². The van der Waals surface area contributed by atoms with Crippen molar-refractivity contribution in [2.75, 3.05) is 24.3 Å². The zero-order valence-corrected chi connectivity index (χ0v) is 16.5. The highest BCUT2D eigenvalue weighted by Gasteiger charge is 2.15. The van der Waals surface area contributed by atoms with Crippen LogP contribution in [0.15, 0.2) is 47.6 Å². The number of benzene rings is 2. The van der Waals surface area contributed by atoms with Gasteiger partial charge in [0.25, 0.3) is 0 Å². The van der Waals surface area contributed by atoms with Crippen molar-refractivity contribution in [2.24, 2.45) is 0 Å². The summed E-state index contributed by atoms with van der Waals surface area (Å²) in [5.41, 5.74) is 2.83. The summed E-state index contributed by atoms with van der Waals surface area (Å²) in [6.07, 6.45) is 0. The highest BCUT2D eigenvalue weighted by molar-refractivity contribution is 7.99. The maximum atomic E-state index is 12.4. The molecule has 28 heavy (non-hydrogen) atoms. The molecule has 0 saturated heterocycles.